The number of imidazole rings is 1. The second-order valence-corrected chi connectivity index (χ2v) is 5.41. The second-order valence-electron chi connectivity index (χ2n) is 3.41. The van der Waals surface area contributed by atoms with E-state index in [0.29, 0.717) is 0 Å². The van der Waals surface area contributed by atoms with Crippen LogP contribution in [0.25, 0.3) is 17.3 Å². The highest BCUT2D eigenvalue weighted by Gasteiger charge is 2.07. The molecule has 0 amide bonds. The molecule has 2 nitrogen and oxygen atoms in total. The maximum absolute atomic E-state index is 12.8. The third kappa shape index (κ3) is 1.73. The van der Waals surface area contributed by atoms with Gasteiger partial charge in [-0.15, -0.1) is 0 Å². The summed E-state index contributed by atoms with van der Waals surface area (Å²) in [6, 6.07) is 6.42. The second kappa shape index (κ2) is 3.93. The van der Waals surface area contributed by atoms with E-state index in [0.717, 1.165) is 17.1 Å². The lowest BCUT2D eigenvalue weighted by molar-refractivity contribution is 0.628. The fourth-order valence-electron chi connectivity index (χ4n) is 1.56. The Hall–Kier alpha value is -1.30. The van der Waals surface area contributed by atoms with Crippen LogP contribution in [-0.2, 0) is 0 Å². The molecule has 0 fully saturated rings. The summed E-state index contributed by atoms with van der Waals surface area (Å²) in [5.41, 5.74) is 1.84. The fraction of sp³-hybridized carbons (Fsp3) is 0. The molecule has 2 heterocycles. The van der Waals surface area contributed by atoms with Crippen LogP contribution in [0.2, 0.25) is 0 Å². The number of fused-ring (bicyclic) bond motifs is 1. The molecule has 1 aliphatic heterocycles. The van der Waals surface area contributed by atoms with E-state index in [2.05, 4.69) is 13.2 Å². The highest BCUT2D eigenvalue weighted by atomic mass is 127. The average molecular weight is 326 g/mol. The van der Waals surface area contributed by atoms with E-state index < -0.39 is 0 Å². The lowest BCUT2D eigenvalue weighted by Gasteiger charge is -1.97. The van der Waals surface area contributed by atoms with Gasteiger partial charge in [0.05, 0.1) is 5.69 Å². The van der Waals surface area contributed by atoms with Gasteiger partial charge < -0.3 is 4.57 Å². The van der Waals surface area contributed by atoms with Crippen molar-refractivity contribution in [3.05, 3.63) is 46.2 Å². The Bertz CT molecular complexity index is 552. The van der Waals surface area contributed by atoms with Gasteiger partial charge in [-0.1, -0.05) is 20.7 Å². The first kappa shape index (κ1) is 9.89. The van der Waals surface area contributed by atoms with Gasteiger partial charge in [-0.25, -0.2) is 9.37 Å². The molecule has 0 unspecified atom stereocenters. The van der Waals surface area contributed by atoms with Gasteiger partial charge in [0.2, 0.25) is 0 Å². The lowest BCUT2D eigenvalue weighted by Crippen LogP contribution is -1.95. The standard InChI is InChI=1S/C12H8FIN2/c13-10-3-1-9(2-4-10)11-7-16-8-14-6-5-12(16)15-11/h1-8H. The zero-order chi connectivity index (χ0) is 11.0. The van der Waals surface area contributed by atoms with Crippen molar-refractivity contribution in [3.8, 4) is 11.3 Å². The quantitative estimate of drug-likeness (QED) is 0.736. The molecular weight excluding hydrogens is 318 g/mol. The molecule has 0 atom stereocenters. The Morgan fingerprint density at radius 2 is 2.00 bits per heavy atom. The summed E-state index contributed by atoms with van der Waals surface area (Å²) in [5, 5.41) is 0. The molecule has 0 spiro atoms. The molecule has 0 N–H and O–H groups in total. The maximum Gasteiger partial charge on any atom is 0.138 e. The summed E-state index contributed by atoms with van der Waals surface area (Å²) in [7, 11) is 0. The zero-order valence-corrected chi connectivity index (χ0v) is 10.4. The molecule has 0 radical (unpaired) electrons. The Kier molecular flexibility index (Phi) is 2.43. The Balaban J connectivity index is 2.07. The molecule has 4 heteroatoms. The average Bonchev–Trinajstić information content (AvgIpc) is 2.73. The van der Waals surface area contributed by atoms with Crippen LogP contribution < -0.4 is 0 Å². The van der Waals surface area contributed by atoms with Crippen LogP contribution in [-0.4, -0.2) is 13.7 Å². The van der Waals surface area contributed by atoms with Gasteiger partial charge in [0.1, 0.15) is 11.6 Å². The SMILES string of the molecule is Fc1ccc(-c2cn3c(n2)C=CI=C3)cc1. The van der Waals surface area contributed by atoms with Crippen molar-refractivity contribution >= 4 is 30.9 Å². The van der Waals surface area contributed by atoms with Gasteiger partial charge in [-0.2, -0.15) is 0 Å². The largest absolute Gasteiger partial charge is 0.301 e. The van der Waals surface area contributed by atoms with E-state index in [-0.39, 0.29) is 26.5 Å². The van der Waals surface area contributed by atoms with E-state index in [1.54, 1.807) is 12.1 Å². The number of rotatable bonds is 1. The van der Waals surface area contributed by atoms with Crippen molar-refractivity contribution in [2.24, 2.45) is 0 Å². The molecule has 2 aromatic rings. The number of halogens is 2. The van der Waals surface area contributed by atoms with Crippen LogP contribution in [0.1, 0.15) is 5.82 Å². The van der Waals surface area contributed by atoms with Gasteiger partial charge in [0.25, 0.3) is 0 Å². The summed E-state index contributed by atoms with van der Waals surface area (Å²) in [6.07, 6.45) is 4.03. The monoisotopic (exact) mass is 326 g/mol. The molecule has 16 heavy (non-hydrogen) atoms. The highest BCUT2D eigenvalue weighted by Crippen LogP contribution is 2.21. The number of hydrogen-bond acceptors (Lipinski definition) is 1. The minimum Gasteiger partial charge on any atom is -0.301 e. The van der Waals surface area contributed by atoms with Crippen LogP contribution in [0.5, 0.6) is 0 Å². The van der Waals surface area contributed by atoms with E-state index >= 15 is 0 Å². The molecule has 1 aromatic heterocycles. The minimum atomic E-state index is -0.218. The summed E-state index contributed by atoms with van der Waals surface area (Å²) in [5.74, 6) is 0.732. The van der Waals surface area contributed by atoms with Crippen LogP contribution in [0.4, 0.5) is 4.39 Å². The van der Waals surface area contributed by atoms with Crippen molar-refractivity contribution in [2.45, 2.75) is 0 Å². The van der Waals surface area contributed by atoms with Crippen molar-refractivity contribution in [1.82, 2.24) is 9.55 Å². The summed E-state index contributed by atoms with van der Waals surface area (Å²) in [4.78, 5) is 4.49. The lowest BCUT2D eigenvalue weighted by atomic mass is 10.2. The molecule has 3 rings (SSSR count). The first-order valence-electron chi connectivity index (χ1n) is 4.79. The van der Waals surface area contributed by atoms with Gasteiger partial charge in [0.15, 0.2) is 0 Å². The maximum atomic E-state index is 12.8. The predicted octanol–water partition coefficient (Wildman–Crippen LogP) is 3.25. The zero-order valence-electron chi connectivity index (χ0n) is 8.27. The molecular formula is C12H8FIN2. The first-order valence-corrected chi connectivity index (χ1v) is 7.29. The molecule has 0 aliphatic carbocycles. The Morgan fingerprint density at radius 1 is 1.19 bits per heavy atom. The van der Waals surface area contributed by atoms with Gasteiger partial charge in [0, 0.05) is 15.9 Å². The number of hydrogen-bond donors (Lipinski definition) is 0. The number of aromatic nitrogens is 2. The summed E-state index contributed by atoms with van der Waals surface area (Å²) < 4.78 is 19.2. The van der Waals surface area contributed by atoms with Crippen LogP contribution in [0.15, 0.2) is 34.5 Å². The smallest absolute Gasteiger partial charge is 0.138 e. The van der Waals surface area contributed by atoms with Gasteiger partial charge in [-0.05, 0) is 34.4 Å². The molecule has 1 aromatic carbocycles. The third-order valence-corrected chi connectivity index (χ3v) is 4.04. The Morgan fingerprint density at radius 3 is 2.75 bits per heavy atom. The van der Waals surface area contributed by atoms with Gasteiger partial charge in [-0.3, -0.25) is 0 Å². The van der Waals surface area contributed by atoms with Crippen LogP contribution in [0.3, 0.4) is 0 Å². The minimum absolute atomic E-state index is 0.0211. The fourth-order valence-corrected chi connectivity index (χ4v) is 3.06. The van der Waals surface area contributed by atoms with E-state index in [1.807, 2.05) is 16.8 Å². The summed E-state index contributed by atoms with van der Waals surface area (Å²) >= 11 is 0.0211. The topological polar surface area (TPSA) is 17.8 Å². The van der Waals surface area contributed by atoms with E-state index in [9.17, 15) is 4.39 Å². The first-order chi connectivity index (χ1) is 7.83. The molecule has 0 bridgehead atoms. The highest BCUT2D eigenvalue weighted by molar-refractivity contribution is 14.2. The van der Waals surface area contributed by atoms with Crippen molar-refractivity contribution in [3.63, 3.8) is 0 Å². The normalized spacial score (nSPS) is 13.3. The van der Waals surface area contributed by atoms with E-state index in [4.69, 9.17) is 0 Å². The van der Waals surface area contributed by atoms with E-state index in [1.165, 1.54) is 12.1 Å². The van der Waals surface area contributed by atoms with Crippen molar-refractivity contribution < 1.29 is 4.39 Å². The number of nitrogens with zero attached hydrogens (tertiary/aromatic N) is 2. The molecule has 80 valence electrons. The van der Waals surface area contributed by atoms with Crippen LogP contribution >= 0.6 is 20.7 Å². The molecule has 0 saturated heterocycles. The molecule has 1 aliphatic rings. The number of benzene rings is 1. The third-order valence-electron chi connectivity index (χ3n) is 2.35. The van der Waals surface area contributed by atoms with Crippen LogP contribution in [0, 0.1) is 5.82 Å². The molecule has 0 saturated carbocycles. The Labute approximate surface area is 102 Å². The van der Waals surface area contributed by atoms with Crippen molar-refractivity contribution in [2.75, 3.05) is 0 Å². The predicted molar refractivity (Wildman–Crippen MR) is 72.1 cm³/mol. The van der Waals surface area contributed by atoms with Crippen molar-refractivity contribution in [1.29, 1.82) is 0 Å². The summed E-state index contributed by atoms with van der Waals surface area (Å²) in [6.45, 7) is 0. The van der Waals surface area contributed by atoms with Gasteiger partial charge >= 0.3 is 0 Å².